The van der Waals surface area contributed by atoms with Crippen LogP contribution in [0.1, 0.15) is 42.5 Å². The smallest absolute Gasteiger partial charge is 0.225 e. The number of nitrogens with one attached hydrogen (secondary N) is 1. The second-order valence-electron chi connectivity index (χ2n) is 5.98. The van der Waals surface area contributed by atoms with Crippen LogP contribution in [0.15, 0.2) is 29.9 Å². The standard InChI is InChI=1S/C17H21N3O2S/c1-17(6-2-3-7-22-17)16-19-11-13(12-20-16)10-18-15(21)9-14-5-4-8-23-14/h4-5,8,11-12H,2-3,6-7,9-10H2,1H3,(H,18,21)/t17-/m1/s1. The molecule has 0 aromatic carbocycles. The minimum atomic E-state index is -0.376. The lowest BCUT2D eigenvalue weighted by Gasteiger charge is -2.32. The summed E-state index contributed by atoms with van der Waals surface area (Å²) >= 11 is 1.59. The third-order valence-corrected chi connectivity index (χ3v) is 4.93. The summed E-state index contributed by atoms with van der Waals surface area (Å²) in [5.41, 5.74) is 0.520. The van der Waals surface area contributed by atoms with Gasteiger partial charge in [-0.05, 0) is 37.6 Å². The summed E-state index contributed by atoms with van der Waals surface area (Å²) in [6.07, 6.45) is 7.16. The largest absolute Gasteiger partial charge is 0.367 e. The average Bonchev–Trinajstić information content (AvgIpc) is 3.07. The molecule has 1 atom stereocenters. The molecule has 0 radical (unpaired) electrons. The van der Waals surface area contributed by atoms with E-state index in [4.69, 9.17) is 4.74 Å². The number of hydrogen-bond donors (Lipinski definition) is 1. The molecule has 3 rings (SSSR count). The fourth-order valence-electron chi connectivity index (χ4n) is 2.66. The number of carbonyl (C=O) groups is 1. The Morgan fingerprint density at radius 2 is 2.22 bits per heavy atom. The molecule has 1 fully saturated rings. The summed E-state index contributed by atoms with van der Waals surface area (Å²) in [4.78, 5) is 21.8. The van der Waals surface area contributed by atoms with E-state index >= 15 is 0 Å². The number of nitrogens with zero attached hydrogens (tertiary/aromatic N) is 2. The quantitative estimate of drug-likeness (QED) is 0.915. The second kappa shape index (κ2) is 7.19. The molecule has 0 unspecified atom stereocenters. The summed E-state index contributed by atoms with van der Waals surface area (Å²) in [5.74, 6) is 0.741. The third kappa shape index (κ3) is 4.14. The van der Waals surface area contributed by atoms with E-state index in [1.807, 2.05) is 24.4 Å². The van der Waals surface area contributed by atoms with Crippen molar-refractivity contribution in [3.8, 4) is 0 Å². The van der Waals surface area contributed by atoms with Gasteiger partial charge in [-0.15, -0.1) is 11.3 Å². The van der Waals surface area contributed by atoms with Crippen LogP contribution in [0.2, 0.25) is 0 Å². The highest BCUT2D eigenvalue weighted by atomic mass is 32.1. The van der Waals surface area contributed by atoms with Crippen molar-refractivity contribution in [2.75, 3.05) is 6.61 Å². The van der Waals surface area contributed by atoms with Gasteiger partial charge in [0, 0.05) is 36.0 Å². The monoisotopic (exact) mass is 331 g/mol. The van der Waals surface area contributed by atoms with Crippen molar-refractivity contribution in [1.29, 1.82) is 0 Å². The van der Waals surface area contributed by atoms with Crippen molar-refractivity contribution in [3.63, 3.8) is 0 Å². The fourth-order valence-corrected chi connectivity index (χ4v) is 3.37. The van der Waals surface area contributed by atoms with Crippen molar-refractivity contribution in [2.45, 2.75) is 44.8 Å². The van der Waals surface area contributed by atoms with Crippen molar-refractivity contribution < 1.29 is 9.53 Å². The lowest BCUT2D eigenvalue weighted by atomic mass is 9.95. The van der Waals surface area contributed by atoms with Crippen LogP contribution in [-0.4, -0.2) is 22.5 Å². The van der Waals surface area contributed by atoms with Crippen LogP contribution in [-0.2, 0) is 28.1 Å². The maximum absolute atomic E-state index is 11.9. The molecule has 1 amide bonds. The zero-order valence-electron chi connectivity index (χ0n) is 13.2. The Morgan fingerprint density at radius 3 is 2.87 bits per heavy atom. The molecule has 0 aliphatic carbocycles. The Kier molecular flexibility index (Phi) is 5.03. The van der Waals surface area contributed by atoms with Crippen LogP contribution < -0.4 is 5.32 Å². The van der Waals surface area contributed by atoms with E-state index in [0.717, 1.165) is 42.1 Å². The number of carbonyl (C=O) groups excluding carboxylic acids is 1. The highest BCUT2D eigenvalue weighted by Gasteiger charge is 2.32. The summed E-state index contributed by atoms with van der Waals surface area (Å²) < 4.78 is 5.85. The van der Waals surface area contributed by atoms with Crippen LogP contribution in [0.4, 0.5) is 0 Å². The number of hydrogen-bond acceptors (Lipinski definition) is 5. The predicted molar refractivity (Wildman–Crippen MR) is 89.1 cm³/mol. The van der Waals surface area contributed by atoms with Gasteiger partial charge in [0.2, 0.25) is 5.91 Å². The van der Waals surface area contributed by atoms with Gasteiger partial charge in [0.1, 0.15) is 5.60 Å². The molecule has 1 N–H and O–H groups in total. The molecule has 5 nitrogen and oxygen atoms in total. The van der Waals surface area contributed by atoms with Crippen LogP contribution in [0.3, 0.4) is 0 Å². The lowest BCUT2D eigenvalue weighted by molar-refractivity contribution is -0.120. The minimum absolute atomic E-state index is 0.0131. The summed E-state index contributed by atoms with van der Waals surface area (Å²) in [6.45, 7) is 3.26. The van der Waals surface area contributed by atoms with E-state index in [1.165, 1.54) is 0 Å². The summed E-state index contributed by atoms with van der Waals surface area (Å²) in [5, 5.41) is 4.88. The van der Waals surface area contributed by atoms with Gasteiger partial charge in [-0.1, -0.05) is 6.07 Å². The molecule has 0 spiro atoms. The first-order chi connectivity index (χ1) is 11.2. The van der Waals surface area contributed by atoms with Crippen molar-refractivity contribution >= 4 is 17.2 Å². The zero-order chi connectivity index (χ0) is 16.1. The van der Waals surface area contributed by atoms with Gasteiger partial charge in [-0.2, -0.15) is 0 Å². The van der Waals surface area contributed by atoms with Crippen LogP contribution in [0.5, 0.6) is 0 Å². The normalized spacial score (nSPS) is 21.1. The van der Waals surface area contributed by atoms with E-state index in [9.17, 15) is 4.79 Å². The van der Waals surface area contributed by atoms with Crippen molar-refractivity contribution in [2.24, 2.45) is 0 Å². The molecule has 0 bridgehead atoms. The molecule has 2 aromatic rings. The summed E-state index contributed by atoms with van der Waals surface area (Å²) in [7, 11) is 0. The topological polar surface area (TPSA) is 64.1 Å². The summed E-state index contributed by atoms with van der Waals surface area (Å²) in [6, 6.07) is 3.92. The maximum Gasteiger partial charge on any atom is 0.225 e. The Morgan fingerprint density at radius 1 is 1.39 bits per heavy atom. The highest BCUT2D eigenvalue weighted by molar-refractivity contribution is 7.10. The van der Waals surface area contributed by atoms with E-state index < -0.39 is 0 Å². The van der Waals surface area contributed by atoms with E-state index in [0.29, 0.717) is 13.0 Å². The van der Waals surface area contributed by atoms with Gasteiger partial charge in [0.15, 0.2) is 5.82 Å². The Labute approximate surface area is 140 Å². The number of aromatic nitrogens is 2. The molecule has 1 aliphatic rings. The number of amides is 1. The molecule has 23 heavy (non-hydrogen) atoms. The minimum Gasteiger partial charge on any atom is -0.367 e. The lowest BCUT2D eigenvalue weighted by Crippen LogP contribution is -2.32. The van der Waals surface area contributed by atoms with Gasteiger partial charge in [0.25, 0.3) is 0 Å². The number of ether oxygens (including phenoxy) is 1. The van der Waals surface area contributed by atoms with Crippen LogP contribution >= 0.6 is 11.3 Å². The van der Waals surface area contributed by atoms with Crippen LogP contribution in [0, 0.1) is 0 Å². The molecular formula is C17H21N3O2S. The van der Waals surface area contributed by atoms with Gasteiger partial charge in [0.05, 0.1) is 6.42 Å². The zero-order valence-corrected chi connectivity index (χ0v) is 14.1. The molecule has 122 valence electrons. The molecule has 3 heterocycles. The molecule has 1 aliphatic heterocycles. The fraction of sp³-hybridized carbons (Fsp3) is 0.471. The Bertz CT molecular complexity index is 634. The predicted octanol–water partition coefficient (Wildman–Crippen LogP) is 2.81. The first-order valence-electron chi connectivity index (χ1n) is 7.90. The van der Waals surface area contributed by atoms with Gasteiger partial charge < -0.3 is 10.1 Å². The SMILES string of the molecule is C[C@]1(c2ncc(CNC(=O)Cc3cccs3)cn2)CCCCO1. The molecule has 6 heteroatoms. The van der Waals surface area contributed by atoms with E-state index in [1.54, 1.807) is 23.7 Å². The number of thiophene rings is 1. The molecule has 1 saturated heterocycles. The number of rotatable bonds is 5. The van der Waals surface area contributed by atoms with Gasteiger partial charge in [-0.25, -0.2) is 9.97 Å². The Balaban J connectivity index is 1.54. The molecule has 0 saturated carbocycles. The highest BCUT2D eigenvalue weighted by Crippen LogP contribution is 2.32. The first kappa shape index (κ1) is 16.1. The van der Waals surface area contributed by atoms with E-state index in [-0.39, 0.29) is 11.5 Å². The van der Waals surface area contributed by atoms with E-state index in [2.05, 4.69) is 15.3 Å². The molecular weight excluding hydrogens is 310 g/mol. The maximum atomic E-state index is 11.9. The first-order valence-corrected chi connectivity index (χ1v) is 8.78. The van der Waals surface area contributed by atoms with Gasteiger partial charge in [-0.3, -0.25) is 4.79 Å². The average molecular weight is 331 g/mol. The van der Waals surface area contributed by atoms with Crippen molar-refractivity contribution in [3.05, 3.63) is 46.2 Å². The van der Waals surface area contributed by atoms with Crippen molar-refractivity contribution in [1.82, 2.24) is 15.3 Å². The van der Waals surface area contributed by atoms with Crippen LogP contribution in [0.25, 0.3) is 0 Å². The molecule has 2 aromatic heterocycles. The second-order valence-corrected chi connectivity index (χ2v) is 7.02. The third-order valence-electron chi connectivity index (χ3n) is 4.05. The Hall–Kier alpha value is -1.79. The van der Waals surface area contributed by atoms with Gasteiger partial charge >= 0.3 is 0 Å².